The molecule has 0 saturated carbocycles. The summed E-state index contributed by atoms with van der Waals surface area (Å²) >= 11 is 4.43. The van der Waals surface area contributed by atoms with Gasteiger partial charge in [-0.05, 0) is 29.9 Å². The van der Waals surface area contributed by atoms with Crippen LogP contribution in [0.3, 0.4) is 0 Å². The highest BCUT2D eigenvalue weighted by Crippen LogP contribution is 2.19. The van der Waals surface area contributed by atoms with Gasteiger partial charge in [0.2, 0.25) is 17.7 Å². The molecule has 32 heavy (non-hydrogen) atoms. The quantitative estimate of drug-likeness (QED) is 0.480. The average molecular weight is 456 g/mol. The summed E-state index contributed by atoms with van der Waals surface area (Å²) in [5, 5.41) is 1.86. The first kappa shape index (κ1) is 25.6. The number of likely N-dealkylation sites (N-methyl/N-ethyl adjacent to an activating group) is 1. The Kier molecular flexibility index (Phi) is 9.94. The number of amides is 3. The number of rotatable bonds is 10. The molecule has 2 aromatic rings. The molecule has 2 aromatic carbocycles. The van der Waals surface area contributed by atoms with Crippen molar-refractivity contribution in [2.24, 2.45) is 11.7 Å². The number of nitrogens with zero attached hydrogens (tertiary/aromatic N) is 1. The van der Waals surface area contributed by atoms with E-state index in [-0.39, 0.29) is 12.3 Å². The number of imide groups is 1. The molecule has 0 aliphatic carbocycles. The van der Waals surface area contributed by atoms with Gasteiger partial charge in [-0.15, -0.1) is 0 Å². The van der Waals surface area contributed by atoms with Crippen molar-refractivity contribution in [1.82, 2.24) is 10.2 Å². The van der Waals surface area contributed by atoms with E-state index in [2.05, 4.69) is 17.9 Å². The molecule has 0 radical (unpaired) electrons. The van der Waals surface area contributed by atoms with Crippen molar-refractivity contribution >= 4 is 30.4 Å². The minimum Gasteiger partial charge on any atom is -0.357 e. The number of benzene rings is 2. The van der Waals surface area contributed by atoms with Crippen LogP contribution in [0.5, 0.6) is 0 Å². The van der Waals surface area contributed by atoms with E-state index in [1.165, 1.54) is 7.05 Å². The van der Waals surface area contributed by atoms with Gasteiger partial charge in [-0.3, -0.25) is 19.3 Å². The Balaban J connectivity index is 2.34. The molecule has 0 bridgehead atoms. The van der Waals surface area contributed by atoms with Gasteiger partial charge in [0.05, 0.1) is 11.3 Å². The van der Waals surface area contributed by atoms with E-state index < -0.39 is 35.1 Å². The van der Waals surface area contributed by atoms with Crippen LogP contribution in [0.15, 0.2) is 60.7 Å². The molecule has 7 heteroatoms. The fourth-order valence-electron chi connectivity index (χ4n) is 3.42. The number of hydrogen-bond acceptors (Lipinski definition) is 5. The maximum Gasteiger partial charge on any atom is 0.246 e. The van der Waals surface area contributed by atoms with Gasteiger partial charge in [-0.25, -0.2) is 0 Å². The highest BCUT2D eigenvalue weighted by atomic mass is 32.1. The number of carbonyl (C=O) groups excluding carboxylic acids is 3. The van der Waals surface area contributed by atoms with Gasteiger partial charge in [0.1, 0.15) is 6.04 Å². The molecule has 0 aromatic heterocycles. The summed E-state index contributed by atoms with van der Waals surface area (Å²) in [6, 6.07) is 17.1. The number of nitrogens with one attached hydrogen (secondary N) is 1. The highest BCUT2D eigenvalue weighted by molar-refractivity contribution is 7.81. The van der Waals surface area contributed by atoms with Crippen LogP contribution in [-0.2, 0) is 27.2 Å². The summed E-state index contributed by atoms with van der Waals surface area (Å²) < 4.78 is 0. The Labute approximate surface area is 196 Å². The summed E-state index contributed by atoms with van der Waals surface area (Å²) in [4.78, 5) is 40.7. The van der Waals surface area contributed by atoms with Crippen LogP contribution in [0.1, 0.15) is 31.4 Å². The van der Waals surface area contributed by atoms with E-state index in [0.29, 0.717) is 12.8 Å². The maximum absolute atomic E-state index is 13.5. The average Bonchev–Trinajstić information content (AvgIpc) is 2.81. The lowest BCUT2D eigenvalue weighted by atomic mass is 9.99. The number of hydrogen-bond donors (Lipinski definition) is 3. The summed E-state index contributed by atoms with van der Waals surface area (Å²) in [6.45, 7) is 3.69. The van der Waals surface area contributed by atoms with Crippen LogP contribution in [0.25, 0.3) is 0 Å². The predicted molar refractivity (Wildman–Crippen MR) is 130 cm³/mol. The molecule has 0 heterocycles. The normalized spacial score (nSPS) is 13.8. The topological polar surface area (TPSA) is 92.5 Å². The van der Waals surface area contributed by atoms with Crippen molar-refractivity contribution < 1.29 is 14.4 Å². The third kappa shape index (κ3) is 6.93. The number of carbonyl (C=O) groups is 3. The third-order valence-corrected chi connectivity index (χ3v) is 6.21. The minimum atomic E-state index is -1.02. The molecule has 3 atom stereocenters. The molecule has 172 valence electrons. The highest BCUT2D eigenvalue weighted by Gasteiger charge is 2.39. The molecular weight excluding hydrogens is 422 g/mol. The SMILES string of the molecule is CNC(=O)C(Cc1ccccc1)N(C(=O)C(N)CCc1ccccc1)C(=O)[C@@H](S)C(C)C. The molecule has 6 nitrogen and oxygen atoms in total. The molecule has 0 aliphatic rings. The van der Waals surface area contributed by atoms with Crippen LogP contribution in [0.4, 0.5) is 0 Å². The zero-order chi connectivity index (χ0) is 23.7. The molecule has 3 N–H and O–H groups in total. The predicted octanol–water partition coefficient (Wildman–Crippen LogP) is 2.61. The van der Waals surface area contributed by atoms with Crippen molar-refractivity contribution in [2.75, 3.05) is 7.05 Å². The second-order valence-electron chi connectivity index (χ2n) is 8.19. The lowest BCUT2D eigenvalue weighted by Gasteiger charge is -2.33. The first-order valence-electron chi connectivity index (χ1n) is 10.9. The largest absolute Gasteiger partial charge is 0.357 e. The van der Waals surface area contributed by atoms with Crippen molar-refractivity contribution in [3.8, 4) is 0 Å². The Morgan fingerprint density at radius 3 is 1.97 bits per heavy atom. The van der Waals surface area contributed by atoms with Gasteiger partial charge in [-0.2, -0.15) is 12.6 Å². The fraction of sp³-hybridized carbons (Fsp3) is 0.400. The van der Waals surface area contributed by atoms with E-state index in [9.17, 15) is 14.4 Å². The molecule has 0 saturated heterocycles. The Bertz CT molecular complexity index is 890. The van der Waals surface area contributed by atoms with E-state index in [4.69, 9.17) is 5.73 Å². The standard InChI is InChI=1S/C25H33N3O3S/c1-17(2)22(32)25(31)28(21(23(29)27-3)16-19-12-8-5-9-13-19)24(30)20(26)15-14-18-10-6-4-7-11-18/h4-13,17,20-22,32H,14-16,26H2,1-3H3,(H,27,29)/t20?,21?,22-/m0/s1. The Morgan fingerprint density at radius 2 is 1.47 bits per heavy atom. The lowest BCUT2D eigenvalue weighted by molar-refractivity contribution is -0.153. The zero-order valence-electron chi connectivity index (χ0n) is 18.9. The van der Waals surface area contributed by atoms with Crippen molar-refractivity contribution in [3.63, 3.8) is 0 Å². The minimum absolute atomic E-state index is 0.122. The summed E-state index contributed by atoms with van der Waals surface area (Å²) in [6.07, 6.45) is 1.15. The van der Waals surface area contributed by atoms with E-state index in [1.807, 2.05) is 74.5 Å². The lowest BCUT2D eigenvalue weighted by Crippen LogP contribution is -2.59. The van der Waals surface area contributed by atoms with E-state index in [0.717, 1.165) is 16.0 Å². The third-order valence-electron chi connectivity index (χ3n) is 5.40. The first-order valence-corrected chi connectivity index (χ1v) is 11.4. The van der Waals surface area contributed by atoms with Gasteiger partial charge < -0.3 is 11.1 Å². The molecule has 0 aliphatic heterocycles. The van der Waals surface area contributed by atoms with Gasteiger partial charge in [0.25, 0.3) is 0 Å². The number of aryl methyl sites for hydroxylation is 1. The van der Waals surface area contributed by atoms with Gasteiger partial charge in [0, 0.05) is 13.5 Å². The molecular formula is C25H33N3O3S. The molecule has 3 amide bonds. The fourth-order valence-corrected chi connectivity index (χ4v) is 3.54. The molecule has 0 fully saturated rings. The van der Waals surface area contributed by atoms with E-state index in [1.54, 1.807) is 0 Å². The zero-order valence-corrected chi connectivity index (χ0v) is 19.8. The van der Waals surface area contributed by atoms with Crippen LogP contribution < -0.4 is 11.1 Å². The number of nitrogens with two attached hydrogens (primary N) is 1. The summed E-state index contributed by atoms with van der Waals surface area (Å²) in [5.41, 5.74) is 8.14. The Hall–Kier alpha value is -2.64. The molecule has 0 spiro atoms. The summed E-state index contributed by atoms with van der Waals surface area (Å²) in [5.74, 6) is -1.61. The Morgan fingerprint density at radius 1 is 0.938 bits per heavy atom. The van der Waals surface area contributed by atoms with Crippen molar-refractivity contribution in [3.05, 3.63) is 71.8 Å². The first-order chi connectivity index (χ1) is 15.3. The smallest absolute Gasteiger partial charge is 0.246 e. The van der Waals surface area contributed by atoms with Gasteiger partial charge in [0.15, 0.2) is 0 Å². The monoisotopic (exact) mass is 455 g/mol. The van der Waals surface area contributed by atoms with E-state index >= 15 is 0 Å². The van der Waals surface area contributed by atoms with Crippen LogP contribution >= 0.6 is 12.6 Å². The van der Waals surface area contributed by atoms with Crippen LogP contribution in [0.2, 0.25) is 0 Å². The van der Waals surface area contributed by atoms with Crippen molar-refractivity contribution in [1.29, 1.82) is 0 Å². The van der Waals surface area contributed by atoms with Gasteiger partial charge in [-0.1, -0.05) is 74.5 Å². The second-order valence-corrected chi connectivity index (χ2v) is 8.74. The van der Waals surface area contributed by atoms with Crippen molar-refractivity contribution in [2.45, 2.75) is 50.4 Å². The maximum atomic E-state index is 13.5. The van der Waals surface area contributed by atoms with Crippen LogP contribution in [-0.4, -0.2) is 47.0 Å². The number of thiol groups is 1. The molecule has 2 unspecified atom stereocenters. The second kappa shape index (κ2) is 12.4. The summed E-state index contributed by atoms with van der Waals surface area (Å²) in [7, 11) is 1.49. The van der Waals surface area contributed by atoms with Gasteiger partial charge >= 0.3 is 0 Å². The molecule has 2 rings (SSSR count). The van der Waals surface area contributed by atoms with Crippen LogP contribution in [0, 0.1) is 5.92 Å².